The molecule has 2 atom stereocenters. The Morgan fingerprint density at radius 2 is 1.82 bits per heavy atom. The molecule has 17 heavy (non-hydrogen) atoms. The van der Waals surface area contributed by atoms with Crippen LogP contribution in [0.2, 0.25) is 0 Å². The smallest absolute Gasteiger partial charge is 0.118 e. The monoisotopic (exact) mass is 231 g/mol. The van der Waals surface area contributed by atoms with Crippen molar-refractivity contribution in [3.8, 4) is 5.75 Å². The highest BCUT2D eigenvalue weighted by Crippen LogP contribution is 2.39. The Bertz CT molecular complexity index is 373. The minimum atomic E-state index is 0.655. The molecule has 0 radical (unpaired) electrons. The molecule has 2 heteroatoms. The Morgan fingerprint density at radius 1 is 1.06 bits per heavy atom. The lowest BCUT2D eigenvalue weighted by molar-refractivity contribution is 0.123. The Labute approximate surface area is 104 Å². The zero-order chi connectivity index (χ0) is 11.7. The van der Waals surface area contributed by atoms with Crippen molar-refractivity contribution >= 4 is 0 Å². The van der Waals surface area contributed by atoms with Crippen LogP contribution < -0.4 is 4.74 Å². The van der Waals surface area contributed by atoms with E-state index in [9.17, 15) is 0 Å². The van der Waals surface area contributed by atoms with Crippen LogP contribution in [0, 0.1) is 0 Å². The summed E-state index contributed by atoms with van der Waals surface area (Å²) in [6, 6.07) is 10.2. The summed E-state index contributed by atoms with van der Waals surface area (Å²) in [4.78, 5) is 2.73. The number of piperidine rings is 1. The topological polar surface area (TPSA) is 12.5 Å². The number of hydrogen-bond donors (Lipinski definition) is 0. The lowest BCUT2D eigenvalue weighted by atomic mass is 9.92. The third-order valence-corrected chi connectivity index (χ3v) is 4.34. The molecule has 2 nitrogen and oxygen atoms in total. The van der Waals surface area contributed by atoms with Gasteiger partial charge in [-0.05, 0) is 56.3 Å². The minimum absolute atomic E-state index is 0.655. The number of hydrogen-bond acceptors (Lipinski definition) is 2. The molecule has 92 valence electrons. The first-order valence-corrected chi connectivity index (χ1v) is 6.78. The summed E-state index contributed by atoms with van der Waals surface area (Å²) in [6.45, 7) is 1.29. The molecular formula is C15H21NO. The summed E-state index contributed by atoms with van der Waals surface area (Å²) in [5, 5.41) is 0. The molecular weight excluding hydrogens is 210 g/mol. The average molecular weight is 231 g/mol. The highest BCUT2D eigenvalue weighted by atomic mass is 16.5. The van der Waals surface area contributed by atoms with Crippen molar-refractivity contribution in [1.82, 2.24) is 4.90 Å². The van der Waals surface area contributed by atoms with E-state index in [-0.39, 0.29) is 0 Å². The SMILES string of the molecule is COc1ccc(C2CCCC3CCCN32)cc1. The standard InChI is InChI=1S/C15H21NO/c1-17-14-9-7-12(8-10-14)15-6-2-4-13-5-3-11-16(13)15/h7-10,13,15H,2-6,11H2,1H3. The molecule has 2 fully saturated rings. The van der Waals surface area contributed by atoms with E-state index in [2.05, 4.69) is 29.2 Å². The van der Waals surface area contributed by atoms with Gasteiger partial charge in [-0.3, -0.25) is 4.90 Å². The normalized spacial score (nSPS) is 29.0. The van der Waals surface area contributed by atoms with Crippen LogP contribution in [0.4, 0.5) is 0 Å². The number of nitrogens with zero attached hydrogens (tertiary/aromatic N) is 1. The van der Waals surface area contributed by atoms with Gasteiger partial charge in [-0.25, -0.2) is 0 Å². The van der Waals surface area contributed by atoms with E-state index in [1.165, 1.54) is 44.2 Å². The van der Waals surface area contributed by atoms with Crippen molar-refractivity contribution in [3.05, 3.63) is 29.8 Å². The molecule has 0 bridgehead atoms. The van der Waals surface area contributed by atoms with E-state index >= 15 is 0 Å². The van der Waals surface area contributed by atoms with Gasteiger partial charge in [-0.2, -0.15) is 0 Å². The van der Waals surface area contributed by atoms with Gasteiger partial charge in [0.1, 0.15) is 5.75 Å². The molecule has 0 aliphatic carbocycles. The van der Waals surface area contributed by atoms with E-state index in [1.807, 2.05) is 0 Å². The molecule has 2 saturated heterocycles. The van der Waals surface area contributed by atoms with Crippen molar-refractivity contribution in [3.63, 3.8) is 0 Å². The van der Waals surface area contributed by atoms with Gasteiger partial charge in [0.2, 0.25) is 0 Å². The highest BCUT2D eigenvalue weighted by molar-refractivity contribution is 5.29. The summed E-state index contributed by atoms with van der Waals surface area (Å²) in [7, 11) is 1.73. The second-order valence-corrected chi connectivity index (χ2v) is 5.25. The minimum Gasteiger partial charge on any atom is -0.497 e. The maximum absolute atomic E-state index is 5.23. The van der Waals surface area contributed by atoms with Gasteiger partial charge in [0, 0.05) is 12.1 Å². The summed E-state index contributed by atoms with van der Waals surface area (Å²) in [5.41, 5.74) is 1.47. The Morgan fingerprint density at radius 3 is 2.59 bits per heavy atom. The Kier molecular flexibility index (Phi) is 3.06. The molecule has 2 aliphatic heterocycles. The van der Waals surface area contributed by atoms with E-state index in [4.69, 9.17) is 4.74 Å². The van der Waals surface area contributed by atoms with Crippen LogP contribution >= 0.6 is 0 Å². The predicted octanol–water partition coefficient (Wildman–Crippen LogP) is 3.38. The molecule has 1 aromatic carbocycles. The predicted molar refractivity (Wildman–Crippen MR) is 69.3 cm³/mol. The van der Waals surface area contributed by atoms with Crippen LogP contribution in [0.15, 0.2) is 24.3 Å². The molecule has 0 spiro atoms. The maximum atomic E-state index is 5.23. The number of fused-ring (bicyclic) bond motifs is 1. The van der Waals surface area contributed by atoms with E-state index in [1.54, 1.807) is 7.11 Å². The molecule has 0 amide bonds. The van der Waals surface area contributed by atoms with Gasteiger partial charge in [-0.1, -0.05) is 12.1 Å². The molecule has 2 heterocycles. The van der Waals surface area contributed by atoms with Gasteiger partial charge >= 0.3 is 0 Å². The lowest BCUT2D eigenvalue weighted by Crippen LogP contribution is -2.37. The number of benzene rings is 1. The van der Waals surface area contributed by atoms with Gasteiger partial charge in [0.05, 0.1) is 7.11 Å². The van der Waals surface area contributed by atoms with E-state index in [0.717, 1.165) is 11.8 Å². The van der Waals surface area contributed by atoms with Crippen molar-refractivity contribution < 1.29 is 4.74 Å². The first kappa shape index (κ1) is 11.1. The lowest BCUT2D eigenvalue weighted by Gasteiger charge is -2.38. The van der Waals surface area contributed by atoms with Crippen LogP contribution in [0.25, 0.3) is 0 Å². The molecule has 1 aromatic rings. The number of ether oxygens (including phenoxy) is 1. The third kappa shape index (κ3) is 2.06. The maximum Gasteiger partial charge on any atom is 0.118 e. The average Bonchev–Trinajstić information content (AvgIpc) is 2.87. The quantitative estimate of drug-likeness (QED) is 0.773. The zero-order valence-corrected chi connectivity index (χ0v) is 10.6. The molecule has 2 aliphatic rings. The highest BCUT2D eigenvalue weighted by Gasteiger charge is 2.34. The molecule has 0 aromatic heterocycles. The summed E-state index contributed by atoms with van der Waals surface area (Å²) in [5.74, 6) is 0.961. The number of rotatable bonds is 2. The molecule has 0 saturated carbocycles. The van der Waals surface area contributed by atoms with Crippen LogP contribution in [0.5, 0.6) is 5.75 Å². The van der Waals surface area contributed by atoms with Crippen molar-refractivity contribution in [2.24, 2.45) is 0 Å². The summed E-state index contributed by atoms with van der Waals surface area (Å²) in [6.07, 6.45) is 6.91. The molecule has 3 rings (SSSR count). The fourth-order valence-electron chi connectivity index (χ4n) is 3.48. The third-order valence-electron chi connectivity index (χ3n) is 4.34. The van der Waals surface area contributed by atoms with Crippen LogP contribution in [-0.2, 0) is 0 Å². The van der Waals surface area contributed by atoms with Crippen molar-refractivity contribution in [1.29, 1.82) is 0 Å². The van der Waals surface area contributed by atoms with Crippen LogP contribution in [0.3, 0.4) is 0 Å². The summed E-state index contributed by atoms with van der Waals surface area (Å²) >= 11 is 0. The Hall–Kier alpha value is -1.02. The first-order valence-electron chi connectivity index (χ1n) is 6.78. The first-order chi connectivity index (χ1) is 8.38. The second kappa shape index (κ2) is 4.69. The fraction of sp³-hybridized carbons (Fsp3) is 0.600. The van der Waals surface area contributed by atoms with Gasteiger partial charge < -0.3 is 4.74 Å². The van der Waals surface area contributed by atoms with Crippen molar-refractivity contribution in [2.45, 2.75) is 44.2 Å². The van der Waals surface area contributed by atoms with Gasteiger partial charge in [-0.15, -0.1) is 0 Å². The van der Waals surface area contributed by atoms with Crippen LogP contribution in [0.1, 0.15) is 43.7 Å². The second-order valence-electron chi connectivity index (χ2n) is 5.25. The largest absolute Gasteiger partial charge is 0.497 e. The fourth-order valence-corrected chi connectivity index (χ4v) is 3.48. The van der Waals surface area contributed by atoms with Crippen molar-refractivity contribution in [2.75, 3.05) is 13.7 Å². The van der Waals surface area contributed by atoms with E-state index in [0.29, 0.717) is 6.04 Å². The van der Waals surface area contributed by atoms with Gasteiger partial charge in [0.25, 0.3) is 0 Å². The number of methoxy groups -OCH3 is 1. The molecule has 0 N–H and O–H groups in total. The van der Waals surface area contributed by atoms with Gasteiger partial charge in [0.15, 0.2) is 0 Å². The Balaban J connectivity index is 1.81. The van der Waals surface area contributed by atoms with Crippen LogP contribution in [-0.4, -0.2) is 24.6 Å². The summed E-state index contributed by atoms with van der Waals surface area (Å²) < 4.78 is 5.23. The van der Waals surface area contributed by atoms with E-state index < -0.39 is 0 Å². The molecule has 2 unspecified atom stereocenters. The zero-order valence-electron chi connectivity index (χ0n) is 10.6.